The van der Waals surface area contributed by atoms with Gasteiger partial charge >= 0.3 is 6.18 Å². The molecule has 3 heterocycles. The van der Waals surface area contributed by atoms with Gasteiger partial charge in [0.05, 0.1) is 5.69 Å². The molecule has 0 fully saturated rings. The minimum absolute atomic E-state index is 0.0913. The second-order valence-corrected chi connectivity index (χ2v) is 4.94. The fourth-order valence-electron chi connectivity index (χ4n) is 2.40. The maximum atomic E-state index is 13.2. The molecule has 2 aromatic heterocycles. The summed E-state index contributed by atoms with van der Waals surface area (Å²) in [6, 6.07) is 1.73. The van der Waals surface area contributed by atoms with E-state index in [0.29, 0.717) is 24.2 Å². The van der Waals surface area contributed by atoms with Crippen LogP contribution in [0.1, 0.15) is 22.5 Å². The van der Waals surface area contributed by atoms with Crippen molar-refractivity contribution in [3.63, 3.8) is 0 Å². The van der Waals surface area contributed by atoms with Crippen molar-refractivity contribution < 1.29 is 13.2 Å². The van der Waals surface area contributed by atoms with Crippen LogP contribution < -0.4 is 5.32 Å². The van der Waals surface area contributed by atoms with Crippen molar-refractivity contribution in [1.29, 1.82) is 0 Å². The average Bonchev–Trinajstić information content (AvgIpc) is 2.45. The van der Waals surface area contributed by atoms with Crippen molar-refractivity contribution in [2.45, 2.75) is 26.1 Å². The highest BCUT2D eigenvalue weighted by molar-refractivity contribution is 5.59. The summed E-state index contributed by atoms with van der Waals surface area (Å²) < 4.78 is 39.7. The second-order valence-electron chi connectivity index (χ2n) is 4.94. The lowest BCUT2D eigenvalue weighted by molar-refractivity contribution is -0.142. The molecule has 0 bridgehead atoms. The number of fused-ring (bicyclic) bond motifs is 1. The molecule has 0 saturated heterocycles. The van der Waals surface area contributed by atoms with Gasteiger partial charge in [-0.2, -0.15) is 13.2 Å². The summed E-state index contributed by atoms with van der Waals surface area (Å²) in [5.41, 5.74) is 1.10. The number of alkyl halides is 3. The Morgan fingerprint density at radius 2 is 2.05 bits per heavy atom. The van der Waals surface area contributed by atoms with E-state index in [1.54, 1.807) is 19.2 Å². The summed E-state index contributed by atoms with van der Waals surface area (Å²) in [4.78, 5) is 12.1. The maximum absolute atomic E-state index is 13.2. The van der Waals surface area contributed by atoms with E-state index in [-0.39, 0.29) is 17.9 Å². The summed E-state index contributed by atoms with van der Waals surface area (Å²) in [5.74, 6) is 0.0913. The molecule has 1 aliphatic rings. The molecule has 2 aromatic rings. The van der Waals surface area contributed by atoms with E-state index >= 15 is 0 Å². The highest BCUT2D eigenvalue weighted by atomic mass is 19.4. The first kappa shape index (κ1) is 13.9. The molecule has 1 N–H and O–H groups in total. The number of rotatable bonds is 1. The number of aryl methyl sites for hydroxylation is 1. The summed E-state index contributed by atoms with van der Waals surface area (Å²) >= 11 is 0. The zero-order valence-electron chi connectivity index (χ0n) is 11.3. The summed E-state index contributed by atoms with van der Waals surface area (Å²) in [6.45, 7) is 2.57. The maximum Gasteiger partial charge on any atom is 0.433 e. The molecule has 110 valence electrons. The number of hydrogen-bond acceptors (Lipinski definition) is 4. The van der Waals surface area contributed by atoms with Gasteiger partial charge in [0, 0.05) is 43.0 Å². The van der Waals surface area contributed by atoms with E-state index in [4.69, 9.17) is 0 Å². The zero-order chi connectivity index (χ0) is 15.0. The number of aromatic nitrogens is 3. The lowest BCUT2D eigenvalue weighted by Crippen LogP contribution is -2.29. The quantitative estimate of drug-likeness (QED) is 0.878. The van der Waals surface area contributed by atoms with Gasteiger partial charge in [-0.05, 0) is 18.6 Å². The topological polar surface area (TPSA) is 50.7 Å². The minimum atomic E-state index is -4.49. The third-order valence-corrected chi connectivity index (χ3v) is 3.48. The minimum Gasteiger partial charge on any atom is -0.312 e. The first-order valence-corrected chi connectivity index (χ1v) is 6.55. The zero-order valence-corrected chi connectivity index (χ0v) is 11.3. The van der Waals surface area contributed by atoms with Crippen LogP contribution in [0.4, 0.5) is 13.2 Å². The highest BCUT2D eigenvalue weighted by Crippen LogP contribution is 2.34. The van der Waals surface area contributed by atoms with Crippen LogP contribution in [0.2, 0.25) is 0 Å². The first-order valence-electron chi connectivity index (χ1n) is 6.55. The van der Waals surface area contributed by atoms with Crippen molar-refractivity contribution in [2.24, 2.45) is 0 Å². The number of nitrogens with zero attached hydrogens (tertiary/aromatic N) is 3. The monoisotopic (exact) mass is 294 g/mol. The van der Waals surface area contributed by atoms with Gasteiger partial charge < -0.3 is 5.32 Å². The van der Waals surface area contributed by atoms with Crippen molar-refractivity contribution in [3.05, 3.63) is 41.0 Å². The highest BCUT2D eigenvalue weighted by Gasteiger charge is 2.38. The van der Waals surface area contributed by atoms with Crippen LogP contribution in [0.15, 0.2) is 18.5 Å². The van der Waals surface area contributed by atoms with Crippen molar-refractivity contribution >= 4 is 0 Å². The predicted molar refractivity (Wildman–Crippen MR) is 70.4 cm³/mol. The van der Waals surface area contributed by atoms with Crippen LogP contribution in [0.25, 0.3) is 11.4 Å². The number of hydrogen-bond donors (Lipinski definition) is 1. The van der Waals surface area contributed by atoms with E-state index in [1.807, 2.05) is 0 Å². The van der Waals surface area contributed by atoms with Gasteiger partial charge in [0.2, 0.25) is 0 Å². The molecule has 21 heavy (non-hydrogen) atoms. The van der Waals surface area contributed by atoms with Gasteiger partial charge in [-0.15, -0.1) is 0 Å². The molecule has 7 heteroatoms. The molecular weight excluding hydrogens is 281 g/mol. The molecule has 4 nitrogen and oxygen atoms in total. The van der Waals surface area contributed by atoms with Crippen LogP contribution in [-0.2, 0) is 19.1 Å². The molecule has 0 aromatic carbocycles. The molecule has 0 saturated carbocycles. The average molecular weight is 294 g/mol. The predicted octanol–water partition coefficient (Wildman–Crippen LogP) is 2.51. The smallest absolute Gasteiger partial charge is 0.312 e. The first-order chi connectivity index (χ1) is 9.97. The van der Waals surface area contributed by atoms with Crippen LogP contribution >= 0.6 is 0 Å². The van der Waals surface area contributed by atoms with Crippen LogP contribution in [-0.4, -0.2) is 21.5 Å². The van der Waals surface area contributed by atoms with E-state index in [1.165, 1.54) is 6.20 Å². The molecule has 1 aliphatic heterocycles. The number of halogens is 3. The third-order valence-electron chi connectivity index (χ3n) is 3.48. The summed E-state index contributed by atoms with van der Waals surface area (Å²) in [7, 11) is 0. The van der Waals surface area contributed by atoms with E-state index in [0.717, 1.165) is 5.56 Å². The molecule has 3 rings (SSSR count). The van der Waals surface area contributed by atoms with Gasteiger partial charge in [-0.25, -0.2) is 9.97 Å². The molecule has 0 spiro atoms. The molecule has 0 atom stereocenters. The Bertz CT molecular complexity index is 682. The molecule has 0 aliphatic carbocycles. The van der Waals surface area contributed by atoms with Gasteiger partial charge in [-0.3, -0.25) is 4.98 Å². The Morgan fingerprint density at radius 1 is 1.24 bits per heavy atom. The Morgan fingerprint density at radius 3 is 2.76 bits per heavy atom. The van der Waals surface area contributed by atoms with Crippen molar-refractivity contribution in [3.8, 4) is 11.4 Å². The Balaban J connectivity index is 2.22. The van der Waals surface area contributed by atoms with Crippen LogP contribution in [0.5, 0.6) is 0 Å². The van der Waals surface area contributed by atoms with Crippen LogP contribution in [0, 0.1) is 6.92 Å². The largest absolute Gasteiger partial charge is 0.433 e. The number of nitrogens with one attached hydrogen (secondary N) is 1. The molecule has 0 amide bonds. The summed E-state index contributed by atoms with van der Waals surface area (Å²) in [5, 5.41) is 2.93. The molecule has 0 radical (unpaired) electrons. The van der Waals surface area contributed by atoms with E-state index in [9.17, 15) is 13.2 Å². The van der Waals surface area contributed by atoms with Gasteiger partial charge in [0.15, 0.2) is 11.5 Å². The van der Waals surface area contributed by atoms with Crippen LogP contribution in [0.3, 0.4) is 0 Å². The lowest BCUT2D eigenvalue weighted by Gasteiger charge is -2.21. The van der Waals surface area contributed by atoms with Gasteiger partial charge in [0.1, 0.15) is 0 Å². The fraction of sp³-hybridized carbons (Fsp3) is 0.357. The standard InChI is InChI=1S/C14H13F3N4/c1-8-2-4-18-6-9(8)13-20-11-3-5-19-7-10(11)12(21-13)14(15,16)17/h2,4,6,19H,3,5,7H2,1H3. The number of pyridine rings is 1. The molecular formula is C14H13F3N4. The van der Waals surface area contributed by atoms with E-state index < -0.39 is 11.9 Å². The van der Waals surface area contributed by atoms with E-state index in [2.05, 4.69) is 20.3 Å². The Hall–Kier alpha value is -2.02. The SMILES string of the molecule is Cc1ccncc1-c1nc2c(c(C(F)(F)F)n1)CNCC2. The normalized spacial score (nSPS) is 14.9. The molecule has 0 unspecified atom stereocenters. The Labute approximate surface area is 119 Å². The lowest BCUT2D eigenvalue weighted by atomic mass is 10.0. The van der Waals surface area contributed by atoms with Gasteiger partial charge in [0.25, 0.3) is 0 Å². The fourth-order valence-corrected chi connectivity index (χ4v) is 2.40. The summed E-state index contributed by atoms with van der Waals surface area (Å²) in [6.07, 6.45) is -0.936. The Kier molecular flexibility index (Phi) is 3.36. The third kappa shape index (κ3) is 2.61. The van der Waals surface area contributed by atoms with Crippen molar-refractivity contribution in [1.82, 2.24) is 20.3 Å². The van der Waals surface area contributed by atoms with Gasteiger partial charge in [-0.1, -0.05) is 0 Å². The second kappa shape index (κ2) is 5.07. The van der Waals surface area contributed by atoms with Crippen molar-refractivity contribution in [2.75, 3.05) is 6.54 Å².